The zero-order valence-electron chi connectivity index (χ0n) is 10.5. The smallest absolute Gasteiger partial charge is 0.196 e. The number of oxazole rings is 1. The van der Waals surface area contributed by atoms with Crippen molar-refractivity contribution in [3.05, 3.63) is 23.8 Å². The standard InChI is InChI=1S/C12H18N4O/c1-4-9-7-10(16(3)15-9)11-8-14-12(17-11)5-6-13-2/h7-8,13H,4-6H2,1-3H3. The van der Waals surface area contributed by atoms with Gasteiger partial charge in [0.2, 0.25) is 0 Å². The average Bonchev–Trinajstić information content (AvgIpc) is 2.92. The molecule has 17 heavy (non-hydrogen) atoms. The van der Waals surface area contributed by atoms with Crippen LogP contribution in [0, 0.1) is 0 Å². The quantitative estimate of drug-likeness (QED) is 0.849. The van der Waals surface area contributed by atoms with Crippen LogP contribution >= 0.6 is 0 Å². The van der Waals surface area contributed by atoms with Crippen molar-refractivity contribution >= 4 is 0 Å². The molecular formula is C12H18N4O. The van der Waals surface area contributed by atoms with Crippen molar-refractivity contribution in [1.82, 2.24) is 20.1 Å². The molecule has 0 atom stereocenters. The minimum atomic E-state index is 0.758. The molecule has 0 spiro atoms. The van der Waals surface area contributed by atoms with Crippen molar-refractivity contribution in [3.8, 4) is 11.5 Å². The number of hydrogen-bond acceptors (Lipinski definition) is 4. The predicted molar refractivity (Wildman–Crippen MR) is 65.7 cm³/mol. The Morgan fingerprint density at radius 3 is 2.94 bits per heavy atom. The molecule has 2 aromatic heterocycles. The zero-order valence-corrected chi connectivity index (χ0v) is 10.5. The summed E-state index contributed by atoms with van der Waals surface area (Å²) in [4.78, 5) is 4.26. The molecule has 92 valence electrons. The molecule has 2 aromatic rings. The van der Waals surface area contributed by atoms with Gasteiger partial charge in [0.05, 0.1) is 11.9 Å². The molecule has 0 fully saturated rings. The molecule has 5 nitrogen and oxygen atoms in total. The fraction of sp³-hybridized carbons (Fsp3) is 0.500. The Balaban J connectivity index is 2.20. The summed E-state index contributed by atoms with van der Waals surface area (Å²) in [5.74, 6) is 1.54. The molecule has 2 rings (SSSR count). The van der Waals surface area contributed by atoms with Gasteiger partial charge in [-0.25, -0.2) is 4.98 Å². The van der Waals surface area contributed by atoms with Gasteiger partial charge in [-0.05, 0) is 19.5 Å². The van der Waals surface area contributed by atoms with E-state index in [1.165, 1.54) is 0 Å². The van der Waals surface area contributed by atoms with E-state index in [4.69, 9.17) is 4.42 Å². The highest BCUT2D eigenvalue weighted by atomic mass is 16.4. The average molecular weight is 234 g/mol. The molecule has 0 bridgehead atoms. The maximum Gasteiger partial charge on any atom is 0.196 e. The molecule has 0 amide bonds. The molecule has 2 heterocycles. The minimum Gasteiger partial charge on any atom is -0.439 e. The van der Waals surface area contributed by atoms with Crippen molar-refractivity contribution in [2.24, 2.45) is 7.05 Å². The van der Waals surface area contributed by atoms with Gasteiger partial charge in [0.1, 0.15) is 5.69 Å². The van der Waals surface area contributed by atoms with E-state index in [0.29, 0.717) is 0 Å². The highest BCUT2D eigenvalue weighted by Gasteiger charge is 2.11. The van der Waals surface area contributed by atoms with Gasteiger partial charge < -0.3 is 9.73 Å². The normalized spacial score (nSPS) is 11.0. The van der Waals surface area contributed by atoms with Gasteiger partial charge in [0, 0.05) is 20.0 Å². The van der Waals surface area contributed by atoms with E-state index in [1.54, 1.807) is 6.20 Å². The van der Waals surface area contributed by atoms with Crippen LogP contribution in [-0.2, 0) is 19.9 Å². The van der Waals surface area contributed by atoms with E-state index in [-0.39, 0.29) is 0 Å². The van der Waals surface area contributed by atoms with Gasteiger partial charge in [0.15, 0.2) is 11.7 Å². The lowest BCUT2D eigenvalue weighted by Crippen LogP contribution is -2.10. The van der Waals surface area contributed by atoms with E-state index in [2.05, 4.69) is 22.3 Å². The number of hydrogen-bond donors (Lipinski definition) is 1. The highest BCUT2D eigenvalue weighted by molar-refractivity contribution is 5.51. The summed E-state index contributed by atoms with van der Waals surface area (Å²) in [6.45, 7) is 2.95. The molecule has 5 heteroatoms. The fourth-order valence-corrected chi connectivity index (χ4v) is 1.71. The number of aryl methyl sites for hydroxylation is 2. The monoisotopic (exact) mass is 234 g/mol. The van der Waals surface area contributed by atoms with E-state index in [9.17, 15) is 0 Å². The second-order valence-corrected chi connectivity index (χ2v) is 3.97. The van der Waals surface area contributed by atoms with Crippen LogP contribution in [0.3, 0.4) is 0 Å². The van der Waals surface area contributed by atoms with Crippen molar-refractivity contribution < 1.29 is 4.42 Å². The summed E-state index contributed by atoms with van der Waals surface area (Å²) in [6.07, 6.45) is 3.49. The number of rotatable bonds is 5. The Kier molecular flexibility index (Phi) is 3.58. The van der Waals surface area contributed by atoms with Gasteiger partial charge in [-0.3, -0.25) is 4.68 Å². The first kappa shape index (κ1) is 11.9. The number of aromatic nitrogens is 3. The minimum absolute atomic E-state index is 0.758. The van der Waals surface area contributed by atoms with Crippen LogP contribution in [-0.4, -0.2) is 28.4 Å². The van der Waals surface area contributed by atoms with E-state index < -0.39 is 0 Å². The number of nitrogens with one attached hydrogen (secondary N) is 1. The Hall–Kier alpha value is -1.62. The Bertz CT molecular complexity index is 486. The molecular weight excluding hydrogens is 216 g/mol. The van der Waals surface area contributed by atoms with Crippen molar-refractivity contribution in [2.75, 3.05) is 13.6 Å². The summed E-state index contributed by atoms with van der Waals surface area (Å²) in [7, 11) is 3.84. The largest absolute Gasteiger partial charge is 0.439 e. The Morgan fingerprint density at radius 2 is 2.29 bits per heavy atom. The van der Waals surface area contributed by atoms with Crippen LogP contribution in [0.2, 0.25) is 0 Å². The number of likely N-dealkylation sites (N-methyl/N-ethyl adjacent to an activating group) is 1. The van der Waals surface area contributed by atoms with Crippen molar-refractivity contribution in [2.45, 2.75) is 19.8 Å². The molecule has 1 N–H and O–H groups in total. The lowest BCUT2D eigenvalue weighted by atomic mass is 10.3. The molecule has 0 aliphatic heterocycles. The van der Waals surface area contributed by atoms with Crippen LogP contribution in [0.4, 0.5) is 0 Å². The van der Waals surface area contributed by atoms with Crippen LogP contribution in [0.5, 0.6) is 0 Å². The third kappa shape index (κ3) is 2.55. The summed E-state index contributed by atoms with van der Waals surface area (Å²) >= 11 is 0. The van der Waals surface area contributed by atoms with E-state index in [1.807, 2.05) is 24.8 Å². The zero-order chi connectivity index (χ0) is 12.3. The van der Waals surface area contributed by atoms with Crippen molar-refractivity contribution in [1.29, 1.82) is 0 Å². The van der Waals surface area contributed by atoms with Crippen LogP contribution in [0.15, 0.2) is 16.7 Å². The third-order valence-electron chi connectivity index (χ3n) is 2.69. The van der Waals surface area contributed by atoms with E-state index >= 15 is 0 Å². The van der Waals surface area contributed by atoms with Gasteiger partial charge in [-0.1, -0.05) is 6.92 Å². The lowest BCUT2D eigenvalue weighted by Gasteiger charge is -1.96. The van der Waals surface area contributed by atoms with Crippen LogP contribution < -0.4 is 5.32 Å². The second kappa shape index (κ2) is 5.14. The van der Waals surface area contributed by atoms with Crippen molar-refractivity contribution in [3.63, 3.8) is 0 Å². The predicted octanol–water partition coefficient (Wildman–Crippen LogP) is 1.40. The Morgan fingerprint density at radius 1 is 1.47 bits per heavy atom. The maximum atomic E-state index is 5.70. The van der Waals surface area contributed by atoms with E-state index in [0.717, 1.165) is 42.4 Å². The summed E-state index contributed by atoms with van der Waals surface area (Å²) in [6, 6.07) is 2.04. The van der Waals surface area contributed by atoms with Crippen LogP contribution in [0.1, 0.15) is 18.5 Å². The first-order valence-corrected chi connectivity index (χ1v) is 5.87. The second-order valence-electron chi connectivity index (χ2n) is 3.97. The van der Waals surface area contributed by atoms with Crippen LogP contribution in [0.25, 0.3) is 11.5 Å². The fourth-order valence-electron chi connectivity index (χ4n) is 1.71. The molecule has 0 saturated carbocycles. The van der Waals surface area contributed by atoms with Gasteiger partial charge >= 0.3 is 0 Å². The molecule has 0 aliphatic carbocycles. The SMILES string of the molecule is CCc1cc(-c2cnc(CCNC)o2)n(C)n1. The molecule has 0 unspecified atom stereocenters. The first-order chi connectivity index (χ1) is 8.24. The first-order valence-electron chi connectivity index (χ1n) is 5.87. The Labute approximate surface area is 101 Å². The summed E-state index contributed by atoms with van der Waals surface area (Å²) < 4.78 is 7.53. The van der Waals surface area contributed by atoms with Gasteiger partial charge in [0.25, 0.3) is 0 Å². The molecule has 0 saturated heterocycles. The lowest BCUT2D eigenvalue weighted by molar-refractivity contribution is 0.496. The summed E-state index contributed by atoms with van der Waals surface area (Å²) in [5, 5.41) is 7.47. The highest BCUT2D eigenvalue weighted by Crippen LogP contribution is 2.21. The molecule has 0 radical (unpaired) electrons. The van der Waals surface area contributed by atoms with Gasteiger partial charge in [-0.15, -0.1) is 0 Å². The topological polar surface area (TPSA) is 55.9 Å². The third-order valence-corrected chi connectivity index (χ3v) is 2.69. The molecule has 0 aromatic carbocycles. The van der Waals surface area contributed by atoms with Gasteiger partial charge in [-0.2, -0.15) is 5.10 Å². The maximum absolute atomic E-state index is 5.70. The number of nitrogens with zero attached hydrogens (tertiary/aromatic N) is 3. The summed E-state index contributed by atoms with van der Waals surface area (Å²) in [5.41, 5.74) is 2.04. The molecule has 0 aliphatic rings.